The summed E-state index contributed by atoms with van der Waals surface area (Å²) >= 11 is 0. The lowest BCUT2D eigenvalue weighted by atomic mass is 10.0. The van der Waals surface area contributed by atoms with Crippen LogP contribution in [0.25, 0.3) is 0 Å². The molecule has 0 aliphatic rings. The van der Waals surface area contributed by atoms with Crippen molar-refractivity contribution < 1.29 is 19.4 Å². The molecule has 0 aromatic heterocycles. The first-order valence-electron chi connectivity index (χ1n) is 6.25. The Balaban J connectivity index is 3.83. The first-order chi connectivity index (χ1) is 8.15. The van der Waals surface area contributed by atoms with E-state index in [0.29, 0.717) is 12.5 Å². The van der Waals surface area contributed by atoms with Crippen LogP contribution in [0.3, 0.4) is 0 Å². The normalized spacial score (nSPS) is 11.9. The van der Waals surface area contributed by atoms with E-state index in [1.165, 1.54) is 0 Å². The molecule has 1 N–H and O–H groups in total. The fourth-order valence-electron chi connectivity index (χ4n) is 1.40. The van der Waals surface area contributed by atoms with Crippen LogP contribution in [0.4, 0.5) is 0 Å². The predicted molar refractivity (Wildman–Crippen MR) is 66.4 cm³/mol. The number of aliphatic hydroxyl groups excluding tert-OH is 1. The van der Waals surface area contributed by atoms with E-state index in [1.54, 1.807) is 0 Å². The number of hydrogen-bond acceptors (Lipinski definition) is 4. The van der Waals surface area contributed by atoms with E-state index in [-0.39, 0.29) is 19.0 Å². The zero-order valence-corrected chi connectivity index (χ0v) is 10.9. The van der Waals surface area contributed by atoms with Gasteiger partial charge in [-0.25, -0.2) is 4.79 Å². The maximum Gasteiger partial charge on any atom is 0.372 e. The molecule has 1 atom stereocenters. The largest absolute Gasteiger partial charge is 0.485 e. The lowest BCUT2D eigenvalue weighted by Crippen LogP contribution is -2.17. The van der Waals surface area contributed by atoms with Gasteiger partial charge in [0.15, 0.2) is 5.76 Å². The molecule has 4 nitrogen and oxygen atoms in total. The Bertz CT molecular complexity index is 225. The average Bonchev–Trinajstić information content (AvgIpc) is 2.35. The molecular weight excluding hydrogens is 220 g/mol. The standard InChI is InChI=1S/C13H24O4/c1-4-6-7-12(5-2)10-17-13(15)11(3)16-9-8-14/h12,14H,3-10H2,1-2H3. The third-order valence-corrected chi connectivity index (χ3v) is 2.59. The van der Waals surface area contributed by atoms with E-state index < -0.39 is 5.97 Å². The van der Waals surface area contributed by atoms with Crippen molar-refractivity contribution in [2.45, 2.75) is 39.5 Å². The Hall–Kier alpha value is -1.03. The number of aliphatic hydroxyl groups is 1. The Labute approximate surface area is 104 Å². The molecule has 0 bridgehead atoms. The van der Waals surface area contributed by atoms with Crippen molar-refractivity contribution in [3.05, 3.63) is 12.3 Å². The fourth-order valence-corrected chi connectivity index (χ4v) is 1.40. The number of esters is 1. The second-order valence-corrected chi connectivity index (χ2v) is 4.01. The first-order valence-corrected chi connectivity index (χ1v) is 6.25. The van der Waals surface area contributed by atoms with Crippen LogP contribution in [0.5, 0.6) is 0 Å². The maximum absolute atomic E-state index is 11.4. The molecule has 17 heavy (non-hydrogen) atoms. The summed E-state index contributed by atoms with van der Waals surface area (Å²) in [5.74, 6) is -0.165. The van der Waals surface area contributed by atoms with Crippen LogP contribution in [-0.2, 0) is 14.3 Å². The predicted octanol–water partition coefficient (Wildman–Crippen LogP) is 2.27. The second kappa shape index (κ2) is 10.1. The minimum Gasteiger partial charge on any atom is -0.485 e. The summed E-state index contributed by atoms with van der Waals surface area (Å²) in [5.41, 5.74) is 0. The Morgan fingerprint density at radius 3 is 2.59 bits per heavy atom. The molecule has 100 valence electrons. The fraction of sp³-hybridized carbons (Fsp3) is 0.769. The van der Waals surface area contributed by atoms with E-state index in [2.05, 4.69) is 20.4 Å². The van der Waals surface area contributed by atoms with Crippen molar-refractivity contribution >= 4 is 5.97 Å². The van der Waals surface area contributed by atoms with Crippen molar-refractivity contribution in [1.29, 1.82) is 0 Å². The third kappa shape index (κ3) is 7.80. The highest BCUT2D eigenvalue weighted by molar-refractivity contribution is 5.85. The topological polar surface area (TPSA) is 55.8 Å². The number of carbonyl (C=O) groups excluding carboxylic acids is 1. The lowest BCUT2D eigenvalue weighted by Gasteiger charge is -2.15. The highest BCUT2D eigenvalue weighted by Gasteiger charge is 2.13. The van der Waals surface area contributed by atoms with Crippen molar-refractivity contribution in [2.75, 3.05) is 19.8 Å². The SMILES string of the molecule is C=C(OCCO)C(=O)OCC(CC)CCCC. The Kier molecular flexibility index (Phi) is 9.53. The summed E-state index contributed by atoms with van der Waals surface area (Å²) < 4.78 is 9.99. The Morgan fingerprint density at radius 2 is 2.06 bits per heavy atom. The average molecular weight is 244 g/mol. The maximum atomic E-state index is 11.4. The molecule has 0 saturated carbocycles. The summed E-state index contributed by atoms with van der Waals surface area (Å²) in [4.78, 5) is 11.4. The quantitative estimate of drug-likeness (QED) is 0.364. The molecule has 0 aromatic rings. The van der Waals surface area contributed by atoms with E-state index in [4.69, 9.17) is 14.6 Å². The molecule has 0 spiro atoms. The van der Waals surface area contributed by atoms with Crippen LogP contribution in [0.15, 0.2) is 12.3 Å². The molecule has 1 unspecified atom stereocenters. The van der Waals surface area contributed by atoms with E-state index in [1.807, 2.05) is 0 Å². The third-order valence-electron chi connectivity index (χ3n) is 2.59. The van der Waals surface area contributed by atoms with Gasteiger partial charge in [0.1, 0.15) is 6.61 Å². The summed E-state index contributed by atoms with van der Waals surface area (Å²) in [5, 5.41) is 8.53. The summed E-state index contributed by atoms with van der Waals surface area (Å²) in [6, 6.07) is 0. The molecule has 0 amide bonds. The van der Waals surface area contributed by atoms with Crippen LogP contribution in [0, 0.1) is 5.92 Å². The number of carbonyl (C=O) groups is 1. The molecule has 0 aliphatic carbocycles. The number of unbranched alkanes of at least 4 members (excludes halogenated alkanes) is 1. The smallest absolute Gasteiger partial charge is 0.372 e. The molecule has 0 fully saturated rings. The minimum absolute atomic E-state index is 0.0376. The van der Waals surface area contributed by atoms with Crippen molar-refractivity contribution in [3.8, 4) is 0 Å². The van der Waals surface area contributed by atoms with Crippen LogP contribution < -0.4 is 0 Å². The first kappa shape index (κ1) is 16.0. The molecule has 0 aromatic carbocycles. The minimum atomic E-state index is -0.534. The van der Waals surface area contributed by atoms with E-state index in [0.717, 1.165) is 25.7 Å². The van der Waals surface area contributed by atoms with Gasteiger partial charge in [-0.15, -0.1) is 0 Å². The van der Waals surface area contributed by atoms with Gasteiger partial charge in [0.25, 0.3) is 0 Å². The van der Waals surface area contributed by atoms with Gasteiger partial charge in [-0.05, 0) is 18.9 Å². The number of hydrogen-bond donors (Lipinski definition) is 1. The van der Waals surface area contributed by atoms with Crippen LogP contribution in [0.2, 0.25) is 0 Å². The molecule has 0 radical (unpaired) electrons. The molecule has 0 aliphatic heterocycles. The molecular formula is C13H24O4. The van der Waals surface area contributed by atoms with Crippen molar-refractivity contribution in [2.24, 2.45) is 5.92 Å². The van der Waals surface area contributed by atoms with Gasteiger partial charge >= 0.3 is 5.97 Å². The molecule has 4 heteroatoms. The van der Waals surface area contributed by atoms with Gasteiger partial charge in [0, 0.05) is 0 Å². The summed E-state index contributed by atoms with van der Waals surface area (Å²) in [6.45, 7) is 8.03. The van der Waals surface area contributed by atoms with Crippen LogP contribution in [0.1, 0.15) is 39.5 Å². The van der Waals surface area contributed by atoms with Gasteiger partial charge in [-0.2, -0.15) is 0 Å². The lowest BCUT2D eigenvalue weighted by molar-refractivity contribution is -0.144. The van der Waals surface area contributed by atoms with E-state index in [9.17, 15) is 4.79 Å². The number of rotatable bonds is 10. The van der Waals surface area contributed by atoms with Gasteiger partial charge in [-0.3, -0.25) is 0 Å². The number of ether oxygens (including phenoxy) is 2. The highest BCUT2D eigenvalue weighted by atomic mass is 16.6. The Morgan fingerprint density at radius 1 is 1.35 bits per heavy atom. The van der Waals surface area contributed by atoms with Crippen LogP contribution >= 0.6 is 0 Å². The summed E-state index contributed by atoms with van der Waals surface area (Å²) in [7, 11) is 0. The monoisotopic (exact) mass is 244 g/mol. The van der Waals surface area contributed by atoms with Gasteiger partial charge in [0.05, 0.1) is 13.2 Å². The summed E-state index contributed by atoms with van der Waals surface area (Å²) in [6.07, 6.45) is 4.37. The van der Waals surface area contributed by atoms with Gasteiger partial charge in [-0.1, -0.05) is 33.1 Å². The molecule has 0 heterocycles. The van der Waals surface area contributed by atoms with Crippen molar-refractivity contribution in [1.82, 2.24) is 0 Å². The van der Waals surface area contributed by atoms with Gasteiger partial charge in [0.2, 0.25) is 0 Å². The second-order valence-electron chi connectivity index (χ2n) is 4.01. The van der Waals surface area contributed by atoms with Gasteiger partial charge < -0.3 is 14.6 Å². The highest BCUT2D eigenvalue weighted by Crippen LogP contribution is 2.13. The van der Waals surface area contributed by atoms with Crippen molar-refractivity contribution in [3.63, 3.8) is 0 Å². The molecule has 0 saturated heterocycles. The zero-order chi connectivity index (χ0) is 13.1. The molecule has 0 rings (SSSR count). The van der Waals surface area contributed by atoms with Crippen LogP contribution in [-0.4, -0.2) is 30.9 Å². The zero-order valence-electron chi connectivity index (χ0n) is 10.9. The van der Waals surface area contributed by atoms with E-state index >= 15 is 0 Å².